The van der Waals surface area contributed by atoms with Gasteiger partial charge in [0.25, 0.3) is 0 Å². The van der Waals surface area contributed by atoms with Gasteiger partial charge in [-0.1, -0.05) is 11.6 Å². The van der Waals surface area contributed by atoms with Crippen LogP contribution in [0, 0.1) is 0 Å². The van der Waals surface area contributed by atoms with E-state index in [1.807, 2.05) is 13.8 Å². The van der Waals surface area contributed by atoms with Crippen LogP contribution in [0.4, 0.5) is 0 Å². The number of hydrogen-bond donors (Lipinski definition) is 2. The molecular weight excluding hydrogens is 249 g/mol. The van der Waals surface area contributed by atoms with E-state index in [0.29, 0.717) is 16.3 Å². The molecule has 0 spiro atoms. The second-order valence-corrected chi connectivity index (χ2v) is 4.79. The van der Waals surface area contributed by atoms with Crippen LogP contribution in [0.3, 0.4) is 0 Å². The van der Waals surface area contributed by atoms with Crippen molar-refractivity contribution in [3.05, 3.63) is 28.8 Å². The first-order chi connectivity index (χ1) is 6.92. The van der Waals surface area contributed by atoms with E-state index in [9.17, 15) is 5.11 Å². The molecule has 5 heteroatoms. The zero-order valence-corrected chi connectivity index (χ0v) is 10.7. The molecule has 0 fully saturated rings. The number of nitrogens with two attached hydrogens (primary N) is 1. The lowest BCUT2D eigenvalue weighted by Crippen LogP contribution is -2.53. The Morgan fingerprint density at radius 3 is 2.69 bits per heavy atom. The number of benzene rings is 1. The molecule has 0 aliphatic carbocycles. The van der Waals surface area contributed by atoms with Crippen LogP contribution in [0.2, 0.25) is 5.02 Å². The van der Waals surface area contributed by atoms with Crippen molar-refractivity contribution in [1.82, 2.24) is 0 Å². The molecule has 90 valence electrons. The van der Waals surface area contributed by atoms with Crippen LogP contribution in [0.5, 0.6) is 5.75 Å². The summed E-state index contributed by atoms with van der Waals surface area (Å²) in [4.78, 5) is 0. The van der Waals surface area contributed by atoms with E-state index >= 15 is 0 Å². The molecule has 0 amide bonds. The molecule has 0 radical (unpaired) electrons. The summed E-state index contributed by atoms with van der Waals surface area (Å²) in [5.74, 6) is 0.651. The van der Waals surface area contributed by atoms with Gasteiger partial charge in [0.15, 0.2) is 0 Å². The zero-order valence-electron chi connectivity index (χ0n) is 9.11. The van der Waals surface area contributed by atoms with E-state index in [0.717, 1.165) is 0 Å². The molecule has 1 heterocycles. The number of ether oxygens (including phenoxy) is 1. The van der Waals surface area contributed by atoms with Gasteiger partial charge in [0.05, 0.1) is 6.04 Å². The summed E-state index contributed by atoms with van der Waals surface area (Å²) in [6, 6.07) is 4.73. The molecule has 3 nitrogen and oxygen atoms in total. The first-order valence-electron chi connectivity index (χ1n) is 4.84. The Kier molecular flexibility index (Phi) is 3.75. The number of hydrogen-bond acceptors (Lipinski definition) is 3. The molecule has 2 rings (SSSR count). The number of aliphatic hydroxyl groups excluding tert-OH is 1. The molecule has 2 unspecified atom stereocenters. The van der Waals surface area contributed by atoms with Gasteiger partial charge in [-0.2, -0.15) is 0 Å². The quantitative estimate of drug-likeness (QED) is 0.756. The Morgan fingerprint density at radius 1 is 1.44 bits per heavy atom. The van der Waals surface area contributed by atoms with Crippen molar-refractivity contribution in [3.63, 3.8) is 0 Å². The molecule has 3 N–H and O–H groups in total. The average molecular weight is 264 g/mol. The Hall–Kier alpha value is -0.480. The molecule has 1 aliphatic heterocycles. The van der Waals surface area contributed by atoms with Gasteiger partial charge in [0.1, 0.15) is 17.5 Å². The predicted octanol–water partition coefficient (Wildman–Crippen LogP) is 2.29. The van der Waals surface area contributed by atoms with E-state index in [1.165, 1.54) is 0 Å². The van der Waals surface area contributed by atoms with E-state index < -0.39 is 17.7 Å². The van der Waals surface area contributed by atoms with Crippen LogP contribution in [0.25, 0.3) is 0 Å². The summed E-state index contributed by atoms with van der Waals surface area (Å²) in [7, 11) is 0. The van der Waals surface area contributed by atoms with Crippen molar-refractivity contribution in [2.75, 3.05) is 0 Å². The maximum atomic E-state index is 10.0. The first kappa shape index (κ1) is 13.6. The van der Waals surface area contributed by atoms with Crippen molar-refractivity contribution in [3.8, 4) is 5.75 Å². The lowest BCUT2D eigenvalue weighted by atomic mass is 9.87. The third kappa shape index (κ3) is 2.13. The van der Waals surface area contributed by atoms with Gasteiger partial charge in [-0.25, -0.2) is 0 Å². The second-order valence-electron chi connectivity index (χ2n) is 4.36. The van der Waals surface area contributed by atoms with E-state index in [2.05, 4.69) is 0 Å². The molecular formula is C11H15Cl2NO2. The molecule has 16 heavy (non-hydrogen) atoms. The Morgan fingerprint density at radius 2 is 2.06 bits per heavy atom. The molecule has 1 aliphatic rings. The highest BCUT2D eigenvalue weighted by atomic mass is 35.5. The smallest absolute Gasteiger partial charge is 0.126 e. The number of halogens is 2. The van der Waals surface area contributed by atoms with Gasteiger partial charge < -0.3 is 15.6 Å². The fourth-order valence-corrected chi connectivity index (χ4v) is 1.95. The highest BCUT2D eigenvalue weighted by Crippen LogP contribution is 2.39. The summed E-state index contributed by atoms with van der Waals surface area (Å²) >= 11 is 5.85. The summed E-state index contributed by atoms with van der Waals surface area (Å²) in [5, 5.41) is 10.6. The number of aliphatic hydroxyl groups is 1. The molecule has 1 aromatic carbocycles. The maximum absolute atomic E-state index is 10.0. The molecule has 0 saturated heterocycles. The van der Waals surface area contributed by atoms with Crippen LogP contribution in [-0.2, 0) is 0 Å². The van der Waals surface area contributed by atoms with Crippen molar-refractivity contribution in [2.45, 2.75) is 31.6 Å². The fraction of sp³-hybridized carbons (Fsp3) is 0.455. The van der Waals surface area contributed by atoms with Gasteiger partial charge >= 0.3 is 0 Å². The monoisotopic (exact) mass is 263 g/mol. The molecule has 0 bridgehead atoms. The second kappa shape index (κ2) is 4.41. The van der Waals surface area contributed by atoms with Crippen LogP contribution in [0.1, 0.15) is 25.5 Å². The van der Waals surface area contributed by atoms with Crippen LogP contribution in [0.15, 0.2) is 18.2 Å². The van der Waals surface area contributed by atoms with Crippen molar-refractivity contribution in [1.29, 1.82) is 0 Å². The SMILES string of the molecule is CC1(C)Oc2ccc(Cl)cc2C(O)C1N.Cl. The fourth-order valence-electron chi connectivity index (χ4n) is 1.77. The zero-order chi connectivity index (χ0) is 11.2. The van der Waals surface area contributed by atoms with Crippen molar-refractivity contribution >= 4 is 24.0 Å². The first-order valence-corrected chi connectivity index (χ1v) is 5.22. The number of rotatable bonds is 0. The predicted molar refractivity (Wildman–Crippen MR) is 66.3 cm³/mol. The van der Waals surface area contributed by atoms with Crippen molar-refractivity contribution in [2.24, 2.45) is 5.73 Å². The van der Waals surface area contributed by atoms with Crippen LogP contribution in [-0.4, -0.2) is 16.7 Å². The van der Waals surface area contributed by atoms with Gasteiger partial charge in [-0.15, -0.1) is 12.4 Å². The summed E-state index contributed by atoms with van der Waals surface area (Å²) in [6.45, 7) is 3.72. The Bertz CT molecular complexity index is 396. The standard InChI is InChI=1S/C11H14ClNO2.ClH/c1-11(2)10(13)9(14)7-5-6(12)3-4-8(7)15-11;/h3-5,9-10,14H,13H2,1-2H3;1H. The summed E-state index contributed by atoms with van der Waals surface area (Å²) in [6.07, 6.45) is -0.734. The lowest BCUT2D eigenvalue weighted by Gasteiger charge is -2.40. The topological polar surface area (TPSA) is 55.5 Å². The minimum atomic E-state index is -0.734. The van der Waals surface area contributed by atoms with E-state index in [-0.39, 0.29) is 12.4 Å². The minimum Gasteiger partial charge on any atom is -0.486 e. The van der Waals surface area contributed by atoms with E-state index in [4.69, 9.17) is 22.1 Å². The van der Waals surface area contributed by atoms with E-state index in [1.54, 1.807) is 18.2 Å². The van der Waals surface area contributed by atoms with Crippen LogP contribution < -0.4 is 10.5 Å². The van der Waals surface area contributed by atoms with Gasteiger partial charge in [0, 0.05) is 10.6 Å². The molecule has 0 aromatic heterocycles. The van der Waals surface area contributed by atoms with Gasteiger partial charge in [-0.3, -0.25) is 0 Å². The minimum absolute atomic E-state index is 0. The highest BCUT2D eigenvalue weighted by molar-refractivity contribution is 6.30. The maximum Gasteiger partial charge on any atom is 0.126 e. The Balaban J connectivity index is 0.00000128. The van der Waals surface area contributed by atoms with Gasteiger partial charge in [-0.05, 0) is 32.0 Å². The molecule has 2 atom stereocenters. The highest BCUT2D eigenvalue weighted by Gasteiger charge is 2.40. The molecule has 1 aromatic rings. The van der Waals surface area contributed by atoms with Crippen molar-refractivity contribution < 1.29 is 9.84 Å². The lowest BCUT2D eigenvalue weighted by molar-refractivity contribution is -0.0117. The van der Waals surface area contributed by atoms with Crippen LogP contribution >= 0.6 is 24.0 Å². The largest absolute Gasteiger partial charge is 0.486 e. The normalized spacial score (nSPS) is 26.3. The average Bonchev–Trinajstić information content (AvgIpc) is 2.16. The third-order valence-corrected chi connectivity index (χ3v) is 3.04. The number of fused-ring (bicyclic) bond motifs is 1. The van der Waals surface area contributed by atoms with Gasteiger partial charge in [0.2, 0.25) is 0 Å². The summed E-state index contributed by atoms with van der Waals surface area (Å²) in [5.41, 5.74) is 6.00. The Labute approximate surface area is 106 Å². The molecule has 0 saturated carbocycles. The summed E-state index contributed by atoms with van der Waals surface area (Å²) < 4.78 is 5.71. The third-order valence-electron chi connectivity index (χ3n) is 2.81.